The first kappa shape index (κ1) is 14.0. The Balaban J connectivity index is 1.67. The minimum Gasteiger partial charge on any atom is -0.493 e. The Morgan fingerprint density at radius 3 is 1.63 bits per heavy atom. The molecule has 0 aromatic heterocycles. The monoisotopic (exact) mass is 296 g/mol. The van der Waals surface area contributed by atoms with E-state index in [0.29, 0.717) is 23.3 Å². The molecule has 2 nitrogen and oxygen atoms in total. The van der Waals surface area contributed by atoms with Gasteiger partial charge in [0.1, 0.15) is 11.5 Å². The van der Waals surface area contributed by atoms with Crippen molar-refractivity contribution in [2.75, 3.05) is 13.2 Å². The molecule has 2 aromatic rings. The van der Waals surface area contributed by atoms with Crippen molar-refractivity contribution < 1.29 is 9.47 Å². The Kier molecular flexibility index (Phi) is 5.37. The van der Waals surface area contributed by atoms with Gasteiger partial charge in [0.25, 0.3) is 0 Å². The van der Waals surface area contributed by atoms with Crippen LogP contribution in [-0.2, 0) is 0 Å². The fourth-order valence-electron chi connectivity index (χ4n) is 1.55. The van der Waals surface area contributed by atoms with Crippen molar-refractivity contribution in [1.82, 2.24) is 0 Å². The average Bonchev–Trinajstić information content (AvgIpc) is 2.38. The summed E-state index contributed by atoms with van der Waals surface area (Å²) in [7, 11) is 0. The van der Waals surface area contributed by atoms with Crippen LogP contribution in [0, 0.1) is 0 Å². The Hall–Kier alpha value is -1.38. The molecular formula is C15H14Cl2O2. The van der Waals surface area contributed by atoms with E-state index in [2.05, 4.69) is 0 Å². The molecule has 0 aliphatic carbocycles. The van der Waals surface area contributed by atoms with E-state index in [1.807, 2.05) is 36.4 Å². The highest BCUT2D eigenvalue weighted by molar-refractivity contribution is 6.31. The van der Waals surface area contributed by atoms with E-state index in [-0.39, 0.29) is 0 Å². The Morgan fingerprint density at radius 1 is 0.737 bits per heavy atom. The number of halogens is 2. The van der Waals surface area contributed by atoms with Gasteiger partial charge in [-0.2, -0.15) is 0 Å². The van der Waals surface area contributed by atoms with Crippen LogP contribution in [0.15, 0.2) is 48.5 Å². The first-order valence-electron chi connectivity index (χ1n) is 6.01. The first-order valence-corrected chi connectivity index (χ1v) is 6.76. The smallest absolute Gasteiger partial charge is 0.120 e. The molecule has 100 valence electrons. The van der Waals surface area contributed by atoms with Crippen molar-refractivity contribution >= 4 is 23.2 Å². The summed E-state index contributed by atoms with van der Waals surface area (Å²) in [6, 6.07) is 14.7. The second-order valence-corrected chi connectivity index (χ2v) is 4.84. The molecule has 0 saturated carbocycles. The summed E-state index contributed by atoms with van der Waals surface area (Å²) in [6.45, 7) is 1.17. The molecule has 0 fully saturated rings. The topological polar surface area (TPSA) is 18.5 Å². The third-order valence-corrected chi connectivity index (χ3v) is 2.89. The summed E-state index contributed by atoms with van der Waals surface area (Å²) >= 11 is 11.7. The molecule has 0 amide bonds. The second kappa shape index (κ2) is 7.27. The molecule has 4 heteroatoms. The van der Waals surface area contributed by atoms with Gasteiger partial charge >= 0.3 is 0 Å². The van der Waals surface area contributed by atoms with E-state index < -0.39 is 0 Å². The van der Waals surface area contributed by atoms with Crippen LogP contribution >= 0.6 is 23.2 Å². The molecule has 0 heterocycles. The van der Waals surface area contributed by atoms with Gasteiger partial charge in [-0.3, -0.25) is 0 Å². The molecule has 0 aliphatic heterocycles. The van der Waals surface area contributed by atoms with Gasteiger partial charge in [-0.1, -0.05) is 35.3 Å². The predicted molar refractivity (Wildman–Crippen MR) is 78.5 cm³/mol. The SMILES string of the molecule is Clc1cccc(OCCCOc2cccc(Cl)c2)c1. The van der Waals surface area contributed by atoms with E-state index in [4.69, 9.17) is 32.7 Å². The number of hydrogen-bond acceptors (Lipinski definition) is 2. The van der Waals surface area contributed by atoms with Gasteiger partial charge in [-0.05, 0) is 36.4 Å². The number of benzene rings is 2. The van der Waals surface area contributed by atoms with Crippen molar-refractivity contribution in [2.24, 2.45) is 0 Å². The molecule has 0 atom stereocenters. The van der Waals surface area contributed by atoms with Crippen LogP contribution in [0.25, 0.3) is 0 Å². The van der Waals surface area contributed by atoms with Crippen molar-refractivity contribution in [3.05, 3.63) is 58.6 Å². The molecule has 0 aliphatic rings. The van der Waals surface area contributed by atoms with E-state index in [9.17, 15) is 0 Å². The quantitative estimate of drug-likeness (QED) is 0.710. The Labute approximate surface area is 122 Å². The minimum absolute atomic E-state index is 0.584. The van der Waals surface area contributed by atoms with E-state index in [1.165, 1.54) is 0 Å². The summed E-state index contributed by atoms with van der Waals surface area (Å²) in [5.41, 5.74) is 0. The van der Waals surface area contributed by atoms with Crippen molar-refractivity contribution in [2.45, 2.75) is 6.42 Å². The largest absolute Gasteiger partial charge is 0.493 e. The van der Waals surface area contributed by atoms with Gasteiger partial charge in [0.05, 0.1) is 13.2 Å². The third-order valence-electron chi connectivity index (χ3n) is 2.42. The minimum atomic E-state index is 0.584. The van der Waals surface area contributed by atoms with Gasteiger partial charge in [0, 0.05) is 16.5 Å². The Bertz CT molecular complexity index is 482. The molecule has 2 aromatic carbocycles. The van der Waals surface area contributed by atoms with Gasteiger partial charge in [0.15, 0.2) is 0 Å². The first-order chi connectivity index (χ1) is 9.24. The average molecular weight is 297 g/mol. The van der Waals surface area contributed by atoms with Gasteiger partial charge in [-0.15, -0.1) is 0 Å². The van der Waals surface area contributed by atoms with Crippen LogP contribution in [0.3, 0.4) is 0 Å². The Morgan fingerprint density at radius 2 is 1.21 bits per heavy atom. The third kappa shape index (κ3) is 5.01. The molecule has 0 spiro atoms. The van der Waals surface area contributed by atoms with Crippen LogP contribution in [0.4, 0.5) is 0 Å². The van der Waals surface area contributed by atoms with Crippen LogP contribution in [0.2, 0.25) is 10.0 Å². The number of rotatable bonds is 6. The summed E-state index contributed by atoms with van der Waals surface area (Å²) in [6.07, 6.45) is 0.791. The highest BCUT2D eigenvalue weighted by Gasteiger charge is 1.97. The number of hydrogen-bond donors (Lipinski definition) is 0. The summed E-state index contributed by atoms with van der Waals surface area (Å²) in [5.74, 6) is 1.55. The summed E-state index contributed by atoms with van der Waals surface area (Å²) in [4.78, 5) is 0. The lowest BCUT2D eigenvalue weighted by Crippen LogP contribution is -2.04. The summed E-state index contributed by atoms with van der Waals surface area (Å²) < 4.78 is 11.1. The normalized spacial score (nSPS) is 10.2. The molecule has 2 rings (SSSR count). The molecule has 0 saturated heterocycles. The molecule has 0 radical (unpaired) electrons. The van der Waals surface area contributed by atoms with Gasteiger partial charge < -0.3 is 9.47 Å². The van der Waals surface area contributed by atoms with Gasteiger partial charge in [0.2, 0.25) is 0 Å². The molecule has 0 N–H and O–H groups in total. The lowest BCUT2D eigenvalue weighted by Gasteiger charge is -2.08. The van der Waals surface area contributed by atoms with E-state index in [1.54, 1.807) is 12.1 Å². The van der Waals surface area contributed by atoms with E-state index >= 15 is 0 Å². The van der Waals surface area contributed by atoms with Crippen LogP contribution in [-0.4, -0.2) is 13.2 Å². The maximum absolute atomic E-state index is 5.86. The van der Waals surface area contributed by atoms with Crippen LogP contribution < -0.4 is 9.47 Å². The molecule has 0 unspecified atom stereocenters. The maximum Gasteiger partial charge on any atom is 0.120 e. The van der Waals surface area contributed by atoms with Crippen molar-refractivity contribution in [3.63, 3.8) is 0 Å². The number of ether oxygens (including phenoxy) is 2. The zero-order valence-electron chi connectivity index (χ0n) is 10.3. The molecular weight excluding hydrogens is 283 g/mol. The molecule has 0 bridgehead atoms. The van der Waals surface area contributed by atoms with Crippen molar-refractivity contribution in [1.29, 1.82) is 0 Å². The standard InChI is InChI=1S/C15H14Cl2O2/c16-12-4-1-6-14(10-12)18-8-3-9-19-15-7-2-5-13(17)11-15/h1-2,4-7,10-11H,3,8-9H2. The molecule has 19 heavy (non-hydrogen) atoms. The maximum atomic E-state index is 5.86. The summed E-state index contributed by atoms with van der Waals surface area (Å²) in [5, 5.41) is 1.35. The fourth-order valence-corrected chi connectivity index (χ4v) is 1.91. The van der Waals surface area contributed by atoms with E-state index in [0.717, 1.165) is 17.9 Å². The van der Waals surface area contributed by atoms with Crippen LogP contribution in [0.5, 0.6) is 11.5 Å². The zero-order valence-corrected chi connectivity index (χ0v) is 11.8. The van der Waals surface area contributed by atoms with Crippen LogP contribution in [0.1, 0.15) is 6.42 Å². The lowest BCUT2D eigenvalue weighted by molar-refractivity contribution is 0.247. The predicted octanol–water partition coefficient (Wildman–Crippen LogP) is 4.84. The zero-order chi connectivity index (χ0) is 13.5. The lowest BCUT2D eigenvalue weighted by atomic mass is 10.3. The fraction of sp³-hybridized carbons (Fsp3) is 0.200. The highest BCUT2D eigenvalue weighted by Crippen LogP contribution is 2.18. The highest BCUT2D eigenvalue weighted by atomic mass is 35.5. The second-order valence-electron chi connectivity index (χ2n) is 3.97. The van der Waals surface area contributed by atoms with Gasteiger partial charge in [-0.25, -0.2) is 0 Å². The van der Waals surface area contributed by atoms with Crippen molar-refractivity contribution in [3.8, 4) is 11.5 Å².